The second-order valence-corrected chi connectivity index (χ2v) is 9.26. The summed E-state index contributed by atoms with van der Waals surface area (Å²) >= 11 is 9.05. The topological polar surface area (TPSA) is 59.5 Å². The normalized spacial score (nSPS) is 16.7. The number of piperidine rings is 1. The van der Waals surface area contributed by atoms with E-state index in [0.29, 0.717) is 37.6 Å². The van der Waals surface area contributed by atoms with Gasteiger partial charge in [-0.1, -0.05) is 23.4 Å². The third kappa shape index (κ3) is 4.50. The molecule has 1 amide bonds. The molecule has 0 saturated carbocycles. The summed E-state index contributed by atoms with van der Waals surface area (Å²) in [7, 11) is 0. The summed E-state index contributed by atoms with van der Waals surface area (Å²) in [5.74, 6) is -0.138. The number of rotatable bonds is 5. The third-order valence-electron chi connectivity index (χ3n) is 4.38. The average Bonchev–Trinajstić information content (AvgIpc) is 3.02. The highest BCUT2D eigenvalue weighted by molar-refractivity contribution is 8.02. The average molecular weight is 413 g/mol. The van der Waals surface area contributed by atoms with Gasteiger partial charge in [-0.15, -0.1) is 11.3 Å². The molecule has 3 rings (SSSR count). The molecule has 0 radical (unpaired) electrons. The van der Waals surface area contributed by atoms with Gasteiger partial charge in [-0.3, -0.25) is 9.59 Å². The molecule has 26 heavy (non-hydrogen) atoms. The highest BCUT2D eigenvalue weighted by Crippen LogP contribution is 2.34. The number of esters is 1. The molecular formula is C18H21ClN2O3S2. The molecule has 0 spiro atoms. The molecular weight excluding hydrogens is 392 g/mol. The number of benzene rings is 1. The second-order valence-electron chi connectivity index (χ2n) is 6.20. The number of aromatic nitrogens is 1. The summed E-state index contributed by atoms with van der Waals surface area (Å²) in [5.41, 5.74) is 0.861. The van der Waals surface area contributed by atoms with Crippen molar-refractivity contribution in [2.75, 3.05) is 19.7 Å². The molecule has 140 valence electrons. The number of halogens is 1. The highest BCUT2D eigenvalue weighted by atomic mass is 35.5. The fraction of sp³-hybridized carbons (Fsp3) is 0.500. The summed E-state index contributed by atoms with van der Waals surface area (Å²) in [5, 5.41) is 0.443. The van der Waals surface area contributed by atoms with Crippen LogP contribution in [0.3, 0.4) is 0 Å². The summed E-state index contributed by atoms with van der Waals surface area (Å²) in [4.78, 5) is 30.9. The van der Waals surface area contributed by atoms with E-state index in [0.717, 1.165) is 14.6 Å². The van der Waals surface area contributed by atoms with Gasteiger partial charge >= 0.3 is 5.97 Å². The number of carbonyl (C=O) groups excluding carboxylic acids is 2. The molecule has 1 atom stereocenters. The molecule has 1 unspecified atom stereocenters. The lowest BCUT2D eigenvalue weighted by atomic mass is 9.97. The molecule has 8 heteroatoms. The Hall–Kier alpha value is -1.31. The van der Waals surface area contributed by atoms with Gasteiger partial charge in [-0.25, -0.2) is 4.98 Å². The zero-order chi connectivity index (χ0) is 18.7. The van der Waals surface area contributed by atoms with E-state index in [1.807, 2.05) is 36.9 Å². The lowest BCUT2D eigenvalue weighted by Crippen LogP contribution is -2.43. The standard InChI is InChI=1S/C18H21ClN2O3S2/c1-3-24-17(23)12-6-8-21(9-7-12)16(22)11(2)25-18-20-14-10-13(19)4-5-15(14)26-18/h4-5,10-12H,3,6-9H2,1-2H3. The largest absolute Gasteiger partial charge is 0.466 e. The van der Waals surface area contributed by atoms with Gasteiger partial charge in [-0.2, -0.15) is 0 Å². The van der Waals surface area contributed by atoms with Gasteiger partial charge in [0.15, 0.2) is 4.34 Å². The SMILES string of the molecule is CCOC(=O)C1CCN(C(=O)C(C)Sc2nc3cc(Cl)ccc3s2)CC1. The molecule has 0 N–H and O–H groups in total. The number of amides is 1. The van der Waals surface area contributed by atoms with Crippen molar-refractivity contribution in [2.24, 2.45) is 5.92 Å². The zero-order valence-corrected chi connectivity index (χ0v) is 17.1. The number of fused-ring (bicyclic) bond motifs is 1. The maximum absolute atomic E-state index is 12.7. The molecule has 5 nitrogen and oxygen atoms in total. The van der Waals surface area contributed by atoms with Crippen molar-refractivity contribution < 1.29 is 14.3 Å². The quantitative estimate of drug-likeness (QED) is 0.543. The molecule has 1 aliphatic rings. The van der Waals surface area contributed by atoms with Gasteiger partial charge in [0.1, 0.15) is 0 Å². The van der Waals surface area contributed by atoms with Gasteiger partial charge in [0.2, 0.25) is 5.91 Å². The van der Waals surface area contributed by atoms with Crippen LogP contribution in [0.2, 0.25) is 5.02 Å². The second kappa shape index (κ2) is 8.59. The van der Waals surface area contributed by atoms with Gasteiger partial charge in [0.05, 0.1) is 28.0 Å². The Balaban J connectivity index is 1.57. The molecule has 1 saturated heterocycles. The number of thiazole rings is 1. The van der Waals surface area contributed by atoms with Crippen LogP contribution in [0.25, 0.3) is 10.2 Å². The molecule has 0 aliphatic carbocycles. The maximum atomic E-state index is 12.7. The summed E-state index contributed by atoms with van der Waals surface area (Å²) in [6.07, 6.45) is 1.34. The van der Waals surface area contributed by atoms with Crippen LogP contribution in [0.15, 0.2) is 22.5 Å². The lowest BCUT2D eigenvalue weighted by molar-refractivity contribution is -0.151. The highest BCUT2D eigenvalue weighted by Gasteiger charge is 2.30. The number of nitrogens with zero attached hydrogens (tertiary/aromatic N) is 2. The van der Waals surface area contributed by atoms with E-state index in [2.05, 4.69) is 4.98 Å². The number of carbonyl (C=O) groups is 2. The molecule has 0 bridgehead atoms. The summed E-state index contributed by atoms with van der Waals surface area (Å²) in [6.45, 7) is 5.32. The van der Waals surface area contributed by atoms with Gasteiger partial charge in [0.25, 0.3) is 0 Å². The number of ether oxygens (including phenoxy) is 1. The molecule has 1 fully saturated rings. The van der Waals surface area contributed by atoms with Crippen LogP contribution >= 0.6 is 34.7 Å². The van der Waals surface area contributed by atoms with E-state index in [-0.39, 0.29) is 23.0 Å². The first-order valence-electron chi connectivity index (χ1n) is 8.66. The van der Waals surface area contributed by atoms with E-state index in [9.17, 15) is 9.59 Å². The maximum Gasteiger partial charge on any atom is 0.309 e. The number of thioether (sulfide) groups is 1. The minimum absolute atomic E-state index is 0.0871. The third-order valence-corrected chi connectivity index (χ3v) is 6.83. The Morgan fingerprint density at radius 3 is 2.85 bits per heavy atom. The molecule has 2 aromatic rings. The van der Waals surface area contributed by atoms with Crippen LogP contribution in [0.5, 0.6) is 0 Å². The van der Waals surface area contributed by atoms with Crippen molar-refractivity contribution >= 4 is 56.8 Å². The number of hydrogen-bond acceptors (Lipinski definition) is 6. The van der Waals surface area contributed by atoms with Crippen molar-refractivity contribution in [3.05, 3.63) is 23.2 Å². The zero-order valence-electron chi connectivity index (χ0n) is 14.7. The Morgan fingerprint density at radius 2 is 2.15 bits per heavy atom. The molecule has 2 heterocycles. The van der Waals surface area contributed by atoms with Crippen molar-refractivity contribution in [1.29, 1.82) is 0 Å². The predicted molar refractivity (Wildman–Crippen MR) is 106 cm³/mol. The van der Waals surface area contributed by atoms with Crippen LogP contribution in [0.1, 0.15) is 26.7 Å². The van der Waals surface area contributed by atoms with Crippen LogP contribution in [0, 0.1) is 5.92 Å². The van der Waals surface area contributed by atoms with Crippen LogP contribution in [0.4, 0.5) is 0 Å². The molecule has 1 aromatic heterocycles. The minimum Gasteiger partial charge on any atom is -0.466 e. The number of likely N-dealkylation sites (tertiary alicyclic amines) is 1. The van der Waals surface area contributed by atoms with Crippen molar-refractivity contribution in [2.45, 2.75) is 36.3 Å². The van der Waals surface area contributed by atoms with Gasteiger partial charge in [-0.05, 0) is 44.9 Å². The molecule has 1 aliphatic heterocycles. The van der Waals surface area contributed by atoms with E-state index < -0.39 is 0 Å². The summed E-state index contributed by atoms with van der Waals surface area (Å²) in [6, 6.07) is 5.63. The minimum atomic E-state index is -0.217. The van der Waals surface area contributed by atoms with E-state index in [1.165, 1.54) is 11.8 Å². The Bertz CT molecular complexity index is 803. The van der Waals surface area contributed by atoms with Crippen LogP contribution in [-0.2, 0) is 14.3 Å². The van der Waals surface area contributed by atoms with E-state index in [4.69, 9.17) is 16.3 Å². The Labute approximate surface area is 166 Å². The fourth-order valence-electron chi connectivity index (χ4n) is 2.98. The summed E-state index contributed by atoms with van der Waals surface area (Å²) < 4.78 is 7.01. The van der Waals surface area contributed by atoms with Crippen molar-refractivity contribution in [3.63, 3.8) is 0 Å². The lowest BCUT2D eigenvalue weighted by Gasteiger charge is -2.32. The predicted octanol–water partition coefficient (Wildman–Crippen LogP) is 4.23. The first kappa shape index (κ1) is 19.5. The smallest absolute Gasteiger partial charge is 0.309 e. The van der Waals surface area contributed by atoms with Crippen molar-refractivity contribution in [1.82, 2.24) is 9.88 Å². The Morgan fingerprint density at radius 1 is 1.42 bits per heavy atom. The number of hydrogen-bond donors (Lipinski definition) is 0. The van der Waals surface area contributed by atoms with Crippen LogP contribution < -0.4 is 0 Å². The fourth-order valence-corrected chi connectivity index (χ4v) is 5.43. The first-order valence-corrected chi connectivity index (χ1v) is 10.7. The Kier molecular flexibility index (Phi) is 6.42. The van der Waals surface area contributed by atoms with Crippen LogP contribution in [-0.4, -0.2) is 46.7 Å². The molecule has 1 aromatic carbocycles. The van der Waals surface area contributed by atoms with Crippen molar-refractivity contribution in [3.8, 4) is 0 Å². The van der Waals surface area contributed by atoms with E-state index in [1.54, 1.807) is 11.3 Å². The van der Waals surface area contributed by atoms with Gasteiger partial charge < -0.3 is 9.64 Å². The van der Waals surface area contributed by atoms with E-state index >= 15 is 0 Å². The first-order chi connectivity index (χ1) is 12.5. The van der Waals surface area contributed by atoms with Gasteiger partial charge in [0, 0.05) is 18.1 Å². The monoisotopic (exact) mass is 412 g/mol.